The summed E-state index contributed by atoms with van der Waals surface area (Å²) in [5.41, 5.74) is 0.889. The van der Waals surface area contributed by atoms with Gasteiger partial charge in [-0.25, -0.2) is 4.79 Å². The molecule has 0 aromatic carbocycles. The number of aromatic amines is 1. The fraction of sp³-hybridized carbons (Fsp3) is 0.375. The van der Waals surface area contributed by atoms with Gasteiger partial charge in [-0.1, -0.05) is 0 Å². The van der Waals surface area contributed by atoms with E-state index < -0.39 is 12.2 Å². The molecule has 0 saturated carbocycles. The molecule has 0 aliphatic rings. The molecule has 0 saturated heterocycles. The number of hydrogen-bond donors (Lipinski definition) is 4. The molecule has 0 bridgehead atoms. The van der Waals surface area contributed by atoms with Gasteiger partial charge in [0.15, 0.2) is 0 Å². The van der Waals surface area contributed by atoms with Gasteiger partial charge < -0.3 is 20.5 Å². The minimum atomic E-state index is -1.12. The van der Waals surface area contributed by atoms with Crippen molar-refractivity contribution in [2.45, 2.75) is 12.5 Å². The third-order valence-electron chi connectivity index (χ3n) is 1.61. The van der Waals surface area contributed by atoms with E-state index in [2.05, 4.69) is 10.3 Å². The van der Waals surface area contributed by atoms with Crippen LogP contribution in [0.3, 0.4) is 0 Å². The van der Waals surface area contributed by atoms with Crippen LogP contribution in [0.5, 0.6) is 0 Å². The minimum absolute atomic E-state index is 0.0500. The average Bonchev–Trinajstić information content (AvgIpc) is 2.53. The molecule has 0 radical (unpaired) electrons. The van der Waals surface area contributed by atoms with E-state index in [9.17, 15) is 9.90 Å². The van der Waals surface area contributed by atoms with Gasteiger partial charge in [0, 0.05) is 24.9 Å². The average molecular weight is 184 g/mol. The molecule has 0 aliphatic heterocycles. The largest absolute Gasteiger partial charge is 0.465 e. The second kappa shape index (κ2) is 4.51. The first kappa shape index (κ1) is 9.60. The predicted molar refractivity (Wildman–Crippen MR) is 46.5 cm³/mol. The molecule has 1 aromatic heterocycles. The van der Waals surface area contributed by atoms with E-state index >= 15 is 0 Å². The molecular formula is C8H12N2O3. The summed E-state index contributed by atoms with van der Waals surface area (Å²) in [5.74, 6) is 0. The Morgan fingerprint density at radius 3 is 3.00 bits per heavy atom. The summed E-state index contributed by atoms with van der Waals surface area (Å²) in [5, 5.41) is 19.7. The normalized spacial score (nSPS) is 12.4. The minimum Gasteiger partial charge on any atom is -0.465 e. The van der Waals surface area contributed by atoms with E-state index in [1.807, 2.05) is 12.1 Å². The number of rotatable bonds is 4. The van der Waals surface area contributed by atoms with Crippen molar-refractivity contribution in [1.29, 1.82) is 0 Å². The van der Waals surface area contributed by atoms with Gasteiger partial charge in [0.05, 0.1) is 6.10 Å². The molecule has 1 unspecified atom stereocenters. The molecule has 1 heterocycles. The maximum absolute atomic E-state index is 10.1. The molecule has 5 heteroatoms. The SMILES string of the molecule is O=C(O)NCC(O)Cc1ccc[nH]1. The number of carboxylic acid groups (broad SMARTS) is 1. The summed E-state index contributed by atoms with van der Waals surface area (Å²) in [6.07, 6.45) is 0.375. The number of aromatic nitrogens is 1. The Labute approximate surface area is 75.4 Å². The van der Waals surface area contributed by atoms with Crippen LogP contribution in [0, 0.1) is 0 Å². The van der Waals surface area contributed by atoms with Crippen molar-refractivity contribution in [3.05, 3.63) is 24.0 Å². The summed E-state index contributed by atoms with van der Waals surface area (Å²) in [6, 6.07) is 3.66. The van der Waals surface area contributed by atoms with Crippen LogP contribution in [0.15, 0.2) is 18.3 Å². The second-order valence-corrected chi connectivity index (χ2v) is 2.74. The Morgan fingerprint density at radius 2 is 2.46 bits per heavy atom. The molecule has 13 heavy (non-hydrogen) atoms. The van der Waals surface area contributed by atoms with Gasteiger partial charge in [-0.15, -0.1) is 0 Å². The number of hydrogen-bond acceptors (Lipinski definition) is 2. The summed E-state index contributed by atoms with van der Waals surface area (Å²) in [6.45, 7) is 0.0500. The van der Waals surface area contributed by atoms with Gasteiger partial charge in [0.1, 0.15) is 0 Å². The van der Waals surface area contributed by atoms with E-state index in [-0.39, 0.29) is 6.54 Å². The number of H-pyrrole nitrogens is 1. The first-order chi connectivity index (χ1) is 6.18. The smallest absolute Gasteiger partial charge is 0.404 e. The van der Waals surface area contributed by atoms with E-state index in [4.69, 9.17) is 5.11 Å². The van der Waals surface area contributed by atoms with E-state index in [1.54, 1.807) is 6.20 Å². The van der Waals surface area contributed by atoms with Crippen LogP contribution in [-0.2, 0) is 6.42 Å². The third-order valence-corrected chi connectivity index (χ3v) is 1.61. The van der Waals surface area contributed by atoms with E-state index in [0.29, 0.717) is 6.42 Å². The van der Waals surface area contributed by atoms with Crippen LogP contribution in [-0.4, -0.2) is 33.9 Å². The van der Waals surface area contributed by atoms with Crippen LogP contribution in [0.2, 0.25) is 0 Å². The van der Waals surface area contributed by atoms with Crippen molar-refractivity contribution >= 4 is 6.09 Å². The lowest BCUT2D eigenvalue weighted by Crippen LogP contribution is -2.32. The third kappa shape index (κ3) is 3.62. The zero-order chi connectivity index (χ0) is 9.68. The van der Waals surface area contributed by atoms with Crippen molar-refractivity contribution in [3.63, 3.8) is 0 Å². The first-order valence-corrected chi connectivity index (χ1v) is 3.95. The highest BCUT2D eigenvalue weighted by Gasteiger charge is 2.06. The highest BCUT2D eigenvalue weighted by molar-refractivity contribution is 5.64. The molecule has 1 aromatic rings. The molecule has 0 spiro atoms. The number of aliphatic hydroxyl groups is 1. The first-order valence-electron chi connectivity index (χ1n) is 3.95. The summed E-state index contributed by atoms with van der Waals surface area (Å²) < 4.78 is 0. The standard InChI is InChI=1S/C8H12N2O3/c11-7(5-10-8(12)13)4-6-2-1-3-9-6/h1-3,7,9-11H,4-5H2,(H,12,13). The molecule has 1 amide bonds. The van der Waals surface area contributed by atoms with Crippen molar-refractivity contribution in [1.82, 2.24) is 10.3 Å². The Kier molecular flexibility index (Phi) is 3.33. The molecule has 5 nitrogen and oxygen atoms in total. The highest BCUT2D eigenvalue weighted by Crippen LogP contribution is 1.98. The molecule has 0 fully saturated rings. The Balaban J connectivity index is 2.25. The van der Waals surface area contributed by atoms with Gasteiger partial charge in [-0.2, -0.15) is 0 Å². The highest BCUT2D eigenvalue weighted by atomic mass is 16.4. The van der Waals surface area contributed by atoms with Crippen LogP contribution in [0.4, 0.5) is 4.79 Å². The van der Waals surface area contributed by atoms with Gasteiger partial charge in [-0.3, -0.25) is 0 Å². The van der Waals surface area contributed by atoms with Crippen LogP contribution in [0.1, 0.15) is 5.69 Å². The van der Waals surface area contributed by atoms with Crippen molar-refractivity contribution < 1.29 is 15.0 Å². The Bertz CT molecular complexity index is 258. The Morgan fingerprint density at radius 1 is 1.69 bits per heavy atom. The molecular weight excluding hydrogens is 172 g/mol. The lowest BCUT2D eigenvalue weighted by atomic mass is 10.2. The quantitative estimate of drug-likeness (QED) is 0.538. The molecule has 72 valence electrons. The topological polar surface area (TPSA) is 85.3 Å². The maximum atomic E-state index is 10.1. The number of carbonyl (C=O) groups is 1. The fourth-order valence-corrected chi connectivity index (χ4v) is 1.03. The lowest BCUT2D eigenvalue weighted by Gasteiger charge is -2.08. The fourth-order valence-electron chi connectivity index (χ4n) is 1.03. The van der Waals surface area contributed by atoms with Crippen molar-refractivity contribution in [3.8, 4) is 0 Å². The number of nitrogens with one attached hydrogen (secondary N) is 2. The second-order valence-electron chi connectivity index (χ2n) is 2.74. The Hall–Kier alpha value is -1.49. The number of aliphatic hydroxyl groups excluding tert-OH is 1. The molecule has 4 N–H and O–H groups in total. The van der Waals surface area contributed by atoms with Gasteiger partial charge in [0.2, 0.25) is 0 Å². The summed E-state index contributed by atoms with van der Waals surface area (Å²) in [4.78, 5) is 13.0. The van der Waals surface area contributed by atoms with Gasteiger partial charge in [0.25, 0.3) is 0 Å². The number of amides is 1. The van der Waals surface area contributed by atoms with Crippen molar-refractivity contribution in [2.75, 3.05) is 6.54 Å². The monoisotopic (exact) mass is 184 g/mol. The molecule has 1 rings (SSSR count). The lowest BCUT2D eigenvalue weighted by molar-refractivity contribution is 0.156. The van der Waals surface area contributed by atoms with Crippen LogP contribution < -0.4 is 5.32 Å². The zero-order valence-electron chi connectivity index (χ0n) is 7.03. The van der Waals surface area contributed by atoms with E-state index in [0.717, 1.165) is 5.69 Å². The van der Waals surface area contributed by atoms with Gasteiger partial charge in [-0.05, 0) is 12.1 Å². The summed E-state index contributed by atoms with van der Waals surface area (Å²) in [7, 11) is 0. The van der Waals surface area contributed by atoms with Crippen LogP contribution >= 0.6 is 0 Å². The van der Waals surface area contributed by atoms with Crippen LogP contribution in [0.25, 0.3) is 0 Å². The molecule has 1 atom stereocenters. The van der Waals surface area contributed by atoms with Crippen molar-refractivity contribution in [2.24, 2.45) is 0 Å². The maximum Gasteiger partial charge on any atom is 0.404 e. The predicted octanol–water partition coefficient (Wildman–Crippen LogP) is 0.186. The zero-order valence-corrected chi connectivity index (χ0v) is 7.03. The molecule has 0 aliphatic carbocycles. The summed E-state index contributed by atoms with van der Waals surface area (Å²) >= 11 is 0. The van der Waals surface area contributed by atoms with E-state index in [1.165, 1.54) is 0 Å². The van der Waals surface area contributed by atoms with Gasteiger partial charge >= 0.3 is 6.09 Å².